The molecule has 1 aromatic carbocycles. The highest BCUT2D eigenvalue weighted by atomic mass is 14.8. The summed E-state index contributed by atoms with van der Waals surface area (Å²) in [5.41, 5.74) is 4.58. The zero-order chi connectivity index (χ0) is 10.8. The summed E-state index contributed by atoms with van der Waals surface area (Å²) >= 11 is 0. The van der Waals surface area contributed by atoms with E-state index >= 15 is 0 Å². The summed E-state index contributed by atoms with van der Waals surface area (Å²) in [6.45, 7) is 0. The lowest BCUT2D eigenvalue weighted by Crippen LogP contribution is -1.78. The van der Waals surface area contributed by atoms with Crippen molar-refractivity contribution in [2.45, 2.75) is 0 Å². The quantitative estimate of drug-likeness (QED) is 0.644. The van der Waals surface area contributed by atoms with Crippen molar-refractivity contribution in [3.8, 4) is 22.6 Å². The Labute approximate surface area is 94.0 Å². The molecule has 2 N–H and O–H groups in total. The van der Waals surface area contributed by atoms with Gasteiger partial charge in [-0.15, -0.1) is 0 Å². The molecule has 0 amide bonds. The van der Waals surface area contributed by atoms with Crippen molar-refractivity contribution < 1.29 is 0 Å². The number of benzene rings is 1. The molecule has 0 saturated carbocycles. The van der Waals surface area contributed by atoms with Crippen LogP contribution in [0.15, 0.2) is 60.8 Å². The van der Waals surface area contributed by atoms with Gasteiger partial charge in [0.1, 0.15) is 0 Å². The Morgan fingerprint density at radius 1 is 0.625 bits per heavy atom. The van der Waals surface area contributed by atoms with Crippen LogP contribution in [-0.2, 0) is 0 Å². The number of aromatic amines is 2. The Balaban J connectivity index is 2.00. The first-order valence-electron chi connectivity index (χ1n) is 5.32. The van der Waals surface area contributed by atoms with Crippen molar-refractivity contribution in [2.24, 2.45) is 0 Å². The molecule has 78 valence electrons. The fraction of sp³-hybridized carbons (Fsp3) is 0. The molecule has 2 heteroatoms. The predicted molar refractivity (Wildman–Crippen MR) is 66.0 cm³/mol. The first kappa shape index (κ1) is 9.04. The molecule has 3 rings (SSSR count). The average molecular weight is 208 g/mol. The maximum absolute atomic E-state index is 3.40. The molecule has 0 aliphatic carbocycles. The largest absolute Gasteiger partial charge is 0.360 e. The molecule has 2 nitrogen and oxygen atoms in total. The van der Waals surface area contributed by atoms with Gasteiger partial charge >= 0.3 is 0 Å². The van der Waals surface area contributed by atoms with Gasteiger partial charge in [-0.2, -0.15) is 0 Å². The van der Waals surface area contributed by atoms with Gasteiger partial charge < -0.3 is 9.97 Å². The Morgan fingerprint density at radius 3 is 2.19 bits per heavy atom. The van der Waals surface area contributed by atoms with E-state index in [-0.39, 0.29) is 0 Å². The van der Waals surface area contributed by atoms with Crippen molar-refractivity contribution in [1.29, 1.82) is 0 Å². The van der Waals surface area contributed by atoms with Crippen LogP contribution in [0.5, 0.6) is 0 Å². The van der Waals surface area contributed by atoms with Crippen LogP contribution >= 0.6 is 0 Å². The SMILES string of the molecule is c1ccc(-c2ccc(-c3ccc[nH]3)[nH]2)cc1. The summed E-state index contributed by atoms with van der Waals surface area (Å²) in [6, 6.07) is 18.6. The van der Waals surface area contributed by atoms with Gasteiger partial charge in [0.05, 0.1) is 11.4 Å². The molecule has 0 atom stereocenters. The third-order valence-electron chi connectivity index (χ3n) is 2.66. The maximum atomic E-state index is 3.40. The number of hydrogen-bond acceptors (Lipinski definition) is 0. The first-order valence-corrected chi connectivity index (χ1v) is 5.32. The second kappa shape index (κ2) is 3.74. The molecule has 16 heavy (non-hydrogen) atoms. The molecule has 0 aliphatic heterocycles. The van der Waals surface area contributed by atoms with E-state index in [1.807, 2.05) is 30.5 Å². The third kappa shape index (κ3) is 1.54. The van der Waals surface area contributed by atoms with Gasteiger partial charge in [-0.3, -0.25) is 0 Å². The van der Waals surface area contributed by atoms with E-state index in [9.17, 15) is 0 Å². The fourth-order valence-electron chi connectivity index (χ4n) is 1.84. The van der Waals surface area contributed by atoms with Crippen LogP contribution in [0.3, 0.4) is 0 Å². The van der Waals surface area contributed by atoms with Crippen LogP contribution in [0.2, 0.25) is 0 Å². The molecule has 0 saturated heterocycles. The second-order valence-corrected chi connectivity index (χ2v) is 3.74. The normalized spacial score (nSPS) is 10.5. The van der Waals surface area contributed by atoms with Crippen molar-refractivity contribution in [3.05, 3.63) is 60.8 Å². The molecule has 3 aromatic rings. The Bertz CT molecular complexity index is 562. The van der Waals surface area contributed by atoms with E-state index in [1.54, 1.807) is 0 Å². The molecule has 2 heterocycles. The molecular formula is C14H12N2. The minimum atomic E-state index is 1.11. The van der Waals surface area contributed by atoms with Crippen LogP contribution in [0.1, 0.15) is 0 Å². The molecule has 0 spiro atoms. The van der Waals surface area contributed by atoms with Crippen molar-refractivity contribution in [3.63, 3.8) is 0 Å². The summed E-state index contributed by atoms with van der Waals surface area (Å²) in [7, 11) is 0. The zero-order valence-corrected chi connectivity index (χ0v) is 8.77. The molecule has 0 bridgehead atoms. The summed E-state index contributed by atoms with van der Waals surface area (Å²) in [6.07, 6.45) is 1.93. The lowest BCUT2D eigenvalue weighted by atomic mass is 10.2. The van der Waals surface area contributed by atoms with E-state index in [0.717, 1.165) is 17.1 Å². The van der Waals surface area contributed by atoms with Crippen LogP contribution < -0.4 is 0 Å². The summed E-state index contributed by atoms with van der Waals surface area (Å²) in [5.74, 6) is 0. The standard InChI is InChI=1S/C14H12N2/c1-2-5-11(6-3-1)12-8-9-14(16-12)13-7-4-10-15-13/h1-10,15-16H. The number of H-pyrrole nitrogens is 2. The second-order valence-electron chi connectivity index (χ2n) is 3.74. The molecule has 0 unspecified atom stereocenters. The Hall–Kier alpha value is -2.22. The topological polar surface area (TPSA) is 31.6 Å². The van der Waals surface area contributed by atoms with E-state index < -0.39 is 0 Å². The summed E-state index contributed by atoms with van der Waals surface area (Å²) < 4.78 is 0. The number of rotatable bonds is 2. The zero-order valence-electron chi connectivity index (χ0n) is 8.77. The highest BCUT2D eigenvalue weighted by molar-refractivity contribution is 5.66. The number of aromatic nitrogens is 2. The van der Waals surface area contributed by atoms with Crippen molar-refractivity contribution in [1.82, 2.24) is 9.97 Å². The van der Waals surface area contributed by atoms with Crippen molar-refractivity contribution >= 4 is 0 Å². The van der Waals surface area contributed by atoms with Crippen LogP contribution in [0, 0.1) is 0 Å². The van der Waals surface area contributed by atoms with Crippen LogP contribution in [0.4, 0.5) is 0 Å². The van der Waals surface area contributed by atoms with Crippen molar-refractivity contribution in [2.75, 3.05) is 0 Å². The van der Waals surface area contributed by atoms with E-state index in [1.165, 1.54) is 5.56 Å². The minimum Gasteiger partial charge on any atom is -0.360 e. The highest BCUT2D eigenvalue weighted by Crippen LogP contribution is 2.22. The van der Waals surface area contributed by atoms with Gasteiger partial charge in [0.2, 0.25) is 0 Å². The molecular weight excluding hydrogens is 196 g/mol. The Kier molecular flexibility index (Phi) is 2.11. The molecule has 0 radical (unpaired) electrons. The minimum absolute atomic E-state index is 1.11. The van der Waals surface area contributed by atoms with Gasteiger partial charge in [0.25, 0.3) is 0 Å². The van der Waals surface area contributed by atoms with Crippen LogP contribution in [-0.4, -0.2) is 9.97 Å². The fourth-order valence-corrected chi connectivity index (χ4v) is 1.84. The van der Waals surface area contributed by atoms with Gasteiger partial charge in [-0.1, -0.05) is 30.3 Å². The van der Waals surface area contributed by atoms with E-state index in [0.29, 0.717) is 0 Å². The smallest absolute Gasteiger partial charge is 0.0624 e. The molecule has 0 fully saturated rings. The van der Waals surface area contributed by atoms with Gasteiger partial charge in [-0.25, -0.2) is 0 Å². The summed E-state index contributed by atoms with van der Waals surface area (Å²) in [5, 5.41) is 0. The molecule has 0 aliphatic rings. The van der Waals surface area contributed by atoms with Gasteiger partial charge in [0, 0.05) is 11.9 Å². The lowest BCUT2D eigenvalue weighted by molar-refractivity contribution is 1.33. The first-order chi connectivity index (χ1) is 7.93. The monoisotopic (exact) mass is 208 g/mol. The number of hydrogen-bond donors (Lipinski definition) is 2. The van der Waals surface area contributed by atoms with E-state index in [4.69, 9.17) is 0 Å². The summed E-state index contributed by atoms with van der Waals surface area (Å²) in [4.78, 5) is 6.59. The van der Waals surface area contributed by atoms with E-state index in [2.05, 4.69) is 40.3 Å². The maximum Gasteiger partial charge on any atom is 0.0624 e. The number of nitrogens with one attached hydrogen (secondary N) is 2. The van der Waals surface area contributed by atoms with Gasteiger partial charge in [0.15, 0.2) is 0 Å². The van der Waals surface area contributed by atoms with Crippen LogP contribution in [0.25, 0.3) is 22.6 Å². The average Bonchev–Trinajstić information content (AvgIpc) is 3.01. The highest BCUT2D eigenvalue weighted by Gasteiger charge is 2.02. The lowest BCUT2D eigenvalue weighted by Gasteiger charge is -1.97. The van der Waals surface area contributed by atoms with Gasteiger partial charge in [-0.05, 0) is 29.8 Å². The predicted octanol–water partition coefficient (Wildman–Crippen LogP) is 3.68. The Morgan fingerprint density at radius 2 is 1.44 bits per heavy atom. The molecule has 2 aromatic heterocycles. The third-order valence-corrected chi connectivity index (χ3v) is 2.66.